The van der Waals surface area contributed by atoms with E-state index < -0.39 is 11.9 Å². The maximum absolute atomic E-state index is 12.4. The third-order valence-electron chi connectivity index (χ3n) is 6.01. The molecule has 0 radical (unpaired) electrons. The van der Waals surface area contributed by atoms with E-state index in [-0.39, 0.29) is 12.5 Å². The maximum atomic E-state index is 12.4. The van der Waals surface area contributed by atoms with Gasteiger partial charge in [0.05, 0.1) is 24.9 Å². The van der Waals surface area contributed by atoms with Gasteiger partial charge in [-0.05, 0) is 66.9 Å². The molecule has 2 aromatic rings. The number of carbonyl (C=O) groups is 3. The van der Waals surface area contributed by atoms with Gasteiger partial charge in [-0.25, -0.2) is 10.2 Å². The standard InChI is InChI=1S/C31H43N3O5/c1-3-5-6-7-8-9-10-11-12-13-29(35)32-24-30(36)34-33-23-25-14-18-28(19-15-25)39-31(37)26-16-20-27(21-17-26)38-22-4-2/h14-21,23H,3-13,22,24H2,1-2H3,(H,32,35)(H,34,36)/b33-23-. The first-order valence-electron chi connectivity index (χ1n) is 14.2. The summed E-state index contributed by atoms with van der Waals surface area (Å²) in [6, 6.07) is 13.5. The fourth-order valence-electron chi connectivity index (χ4n) is 3.78. The summed E-state index contributed by atoms with van der Waals surface area (Å²) in [5.41, 5.74) is 3.53. The molecule has 0 spiro atoms. The molecule has 0 bridgehead atoms. The molecule has 0 heterocycles. The van der Waals surface area contributed by atoms with Crippen molar-refractivity contribution in [3.8, 4) is 11.5 Å². The van der Waals surface area contributed by atoms with Gasteiger partial charge >= 0.3 is 5.97 Å². The Morgan fingerprint density at radius 3 is 2.00 bits per heavy atom. The van der Waals surface area contributed by atoms with E-state index in [4.69, 9.17) is 9.47 Å². The Balaban J connectivity index is 1.60. The van der Waals surface area contributed by atoms with Gasteiger partial charge in [-0.2, -0.15) is 5.10 Å². The summed E-state index contributed by atoms with van der Waals surface area (Å²) in [4.78, 5) is 36.2. The molecule has 39 heavy (non-hydrogen) atoms. The van der Waals surface area contributed by atoms with Crippen LogP contribution in [0.4, 0.5) is 0 Å². The van der Waals surface area contributed by atoms with Gasteiger partial charge in [0.2, 0.25) is 5.91 Å². The van der Waals surface area contributed by atoms with Crippen molar-refractivity contribution in [3.05, 3.63) is 59.7 Å². The third kappa shape index (κ3) is 14.2. The molecule has 0 aliphatic heterocycles. The molecule has 2 amide bonds. The molecule has 0 unspecified atom stereocenters. The summed E-state index contributed by atoms with van der Waals surface area (Å²) < 4.78 is 10.9. The number of rotatable bonds is 19. The monoisotopic (exact) mass is 537 g/mol. The SMILES string of the molecule is CCCCCCCCCCCC(=O)NCC(=O)N/N=C\c1ccc(OC(=O)c2ccc(OCCC)cc2)cc1. The fourth-order valence-corrected chi connectivity index (χ4v) is 3.78. The molecule has 2 rings (SSSR count). The minimum Gasteiger partial charge on any atom is -0.494 e. The van der Waals surface area contributed by atoms with Gasteiger partial charge in [0, 0.05) is 6.42 Å². The van der Waals surface area contributed by atoms with Crippen LogP contribution in [0.15, 0.2) is 53.6 Å². The van der Waals surface area contributed by atoms with Gasteiger partial charge in [-0.15, -0.1) is 0 Å². The molecular formula is C31H43N3O5. The number of hydrogen-bond acceptors (Lipinski definition) is 6. The second kappa shape index (κ2) is 19.4. The van der Waals surface area contributed by atoms with Crippen LogP contribution in [0.2, 0.25) is 0 Å². The van der Waals surface area contributed by atoms with E-state index in [0.717, 1.165) is 25.7 Å². The zero-order chi connectivity index (χ0) is 28.1. The van der Waals surface area contributed by atoms with E-state index >= 15 is 0 Å². The highest BCUT2D eigenvalue weighted by atomic mass is 16.5. The number of ether oxygens (including phenoxy) is 2. The van der Waals surface area contributed by atoms with Crippen LogP contribution in [0.5, 0.6) is 11.5 Å². The molecule has 0 saturated carbocycles. The quantitative estimate of drug-likeness (QED) is 0.0732. The largest absolute Gasteiger partial charge is 0.494 e. The van der Waals surface area contributed by atoms with Gasteiger partial charge in [-0.1, -0.05) is 65.2 Å². The molecular weight excluding hydrogens is 494 g/mol. The lowest BCUT2D eigenvalue weighted by atomic mass is 10.1. The Hall–Kier alpha value is -3.68. The molecule has 0 aromatic heterocycles. The summed E-state index contributed by atoms with van der Waals surface area (Å²) in [5.74, 6) is 0.111. The molecule has 0 fully saturated rings. The smallest absolute Gasteiger partial charge is 0.343 e. The van der Waals surface area contributed by atoms with E-state index in [0.29, 0.717) is 35.7 Å². The number of nitrogens with one attached hydrogen (secondary N) is 2. The van der Waals surface area contributed by atoms with Crippen molar-refractivity contribution >= 4 is 24.0 Å². The van der Waals surface area contributed by atoms with Crippen molar-refractivity contribution in [2.24, 2.45) is 5.10 Å². The normalized spacial score (nSPS) is 10.8. The Morgan fingerprint density at radius 2 is 1.36 bits per heavy atom. The molecule has 8 heteroatoms. The van der Waals surface area contributed by atoms with E-state index in [2.05, 4.69) is 22.8 Å². The van der Waals surface area contributed by atoms with Gasteiger partial charge in [0.25, 0.3) is 5.91 Å². The molecule has 2 N–H and O–H groups in total. The predicted octanol–water partition coefficient (Wildman–Crippen LogP) is 6.18. The number of carbonyl (C=O) groups excluding carboxylic acids is 3. The highest BCUT2D eigenvalue weighted by molar-refractivity contribution is 5.91. The number of amides is 2. The lowest BCUT2D eigenvalue weighted by Gasteiger charge is -2.07. The first kappa shape index (κ1) is 31.5. The van der Waals surface area contributed by atoms with Crippen LogP contribution < -0.4 is 20.2 Å². The zero-order valence-electron chi connectivity index (χ0n) is 23.4. The molecule has 2 aromatic carbocycles. The molecule has 212 valence electrons. The summed E-state index contributed by atoms with van der Waals surface area (Å²) in [7, 11) is 0. The van der Waals surface area contributed by atoms with Gasteiger partial charge in [0.15, 0.2) is 0 Å². The predicted molar refractivity (Wildman–Crippen MR) is 154 cm³/mol. The van der Waals surface area contributed by atoms with Crippen LogP contribution in [0.25, 0.3) is 0 Å². The number of nitrogens with zero attached hydrogens (tertiary/aromatic N) is 1. The van der Waals surface area contributed by atoms with Crippen LogP contribution in [-0.2, 0) is 9.59 Å². The molecule has 0 aliphatic rings. The summed E-state index contributed by atoms with van der Waals surface area (Å²) in [6.07, 6.45) is 13.6. The lowest BCUT2D eigenvalue weighted by molar-refractivity contribution is -0.126. The van der Waals surface area contributed by atoms with E-state index in [9.17, 15) is 14.4 Å². The van der Waals surface area contributed by atoms with Crippen molar-refractivity contribution in [3.63, 3.8) is 0 Å². The minimum atomic E-state index is -0.467. The molecule has 0 aliphatic carbocycles. The molecule has 0 saturated heterocycles. The van der Waals surface area contributed by atoms with Crippen LogP contribution in [0, 0.1) is 0 Å². The third-order valence-corrected chi connectivity index (χ3v) is 6.01. The van der Waals surface area contributed by atoms with E-state index in [1.165, 1.54) is 44.7 Å². The Morgan fingerprint density at radius 1 is 0.744 bits per heavy atom. The lowest BCUT2D eigenvalue weighted by Crippen LogP contribution is -2.34. The average Bonchev–Trinajstić information content (AvgIpc) is 2.95. The highest BCUT2D eigenvalue weighted by Crippen LogP contribution is 2.17. The first-order valence-corrected chi connectivity index (χ1v) is 14.2. The van der Waals surface area contributed by atoms with Crippen LogP contribution in [-0.4, -0.2) is 37.1 Å². The second-order valence-corrected chi connectivity index (χ2v) is 9.48. The summed E-state index contributed by atoms with van der Waals surface area (Å²) in [6.45, 7) is 4.76. The van der Waals surface area contributed by atoms with Crippen LogP contribution in [0.3, 0.4) is 0 Å². The van der Waals surface area contributed by atoms with Crippen LogP contribution >= 0.6 is 0 Å². The van der Waals surface area contributed by atoms with Crippen molar-refractivity contribution < 1.29 is 23.9 Å². The van der Waals surface area contributed by atoms with Crippen molar-refractivity contribution in [1.29, 1.82) is 0 Å². The molecule has 8 nitrogen and oxygen atoms in total. The van der Waals surface area contributed by atoms with Crippen molar-refractivity contribution in [2.75, 3.05) is 13.2 Å². The summed E-state index contributed by atoms with van der Waals surface area (Å²) in [5, 5.41) is 6.54. The highest BCUT2D eigenvalue weighted by Gasteiger charge is 2.09. The van der Waals surface area contributed by atoms with Gasteiger partial charge < -0.3 is 14.8 Å². The maximum Gasteiger partial charge on any atom is 0.343 e. The number of hydrazone groups is 1. The number of hydrogen-bond donors (Lipinski definition) is 2. The number of esters is 1. The van der Waals surface area contributed by atoms with E-state index in [1.54, 1.807) is 48.5 Å². The Kier molecular flexibility index (Phi) is 15.7. The first-order chi connectivity index (χ1) is 19.0. The summed E-state index contributed by atoms with van der Waals surface area (Å²) >= 11 is 0. The Bertz CT molecular complexity index is 1020. The van der Waals surface area contributed by atoms with Gasteiger partial charge in [0.1, 0.15) is 11.5 Å². The van der Waals surface area contributed by atoms with Gasteiger partial charge in [-0.3, -0.25) is 9.59 Å². The van der Waals surface area contributed by atoms with Crippen molar-refractivity contribution in [2.45, 2.75) is 84.5 Å². The van der Waals surface area contributed by atoms with Crippen molar-refractivity contribution in [1.82, 2.24) is 10.7 Å². The number of benzene rings is 2. The average molecular weight is 538 g/mol. The fraction of sp³-hybridized carbons (Fsp3) is 0.484. The van der Waals surface area contributed by atoms with Crippen LogP contribution in [0.1, 0.15) is 100 Å². The zero-order valence-corrected chi connectivity index (χ0v) is 23.4. The topological polar surface area (TPSA) is 106 Å². The second-order valence-electron chi connectivity index (χ2n) is 9.48. The van der Waals surface area contributed by atoms with E-state index in [1.807, 2.05) is 6.92 Å². The molecule has 0 atom stereocenters. The Labute approximate surface area is 232 Å². The minimum absolute atomic E-state index is 0.117. The number of unbranched alkanes of at least 4 members (excludes halogenated alkanes) is 8.